The molecule has 1 N–H and O–H groups in total. The number of likely N-dealkylation sites (N-methyl/N-ethyl adjacent to an activating group) is 1. The summed E-state index contributed by atoms with van der Waals surface area (Å²) in [5, 5.41) is 6.75. The molecule has 18 heavy (non-hydrogen) atoms. The number of halogens is 1. The zero-order valence-electron chi connectivity index (χ0n) is 10.6. The highest BCUT2D eigenvalue weighted by Crippen LogP contribution is 2.27. The van der Waals surface area contributed by atoms with Crippen molar-refractivity contribution in [3.63, 3.8) is 0 Å². The van der Waals surface area contributed by atoms with Crippen LogP contribution in [0.4, 0.5) is 0 Å². The Balaban J connectivity index is 2.26. The summed E-state index contributed by atoms with van der Waals surface area (Å²) in [6, 6.07) is 6.80. The number of hydrogen-bond donors (Lipinski definition) is 1. The molecular formula is C14H17BrN2S. The Morgan fingerprint density at radius 3 is 2.94 bits per heavy atom. The maximum atomic E-state index is 4.38. The van der Waals surface area contributed by atoms with Crippen molar-refractivity contribution < 1.29 is 0 Å². The molecule has 0 saturated heterocycles. The van der Waals surface area contributed by atoms with E-state index in [9.17, 15) is 0 Å². The van der Waals surface area contributed by atoms with Gasteiger partial charge in [0.25, 0.3) is 0 Å². The lowest BCUT2D eigenvalue weighted by Gasteiger charge is -2.19. The van der Waals surface area contributed by atoms with E-state index >= 15 is 0 Å². The molecule has 2 rings (SSSR count). The zero-order valence-corrected chi connectivity index (χ0v) is 13.0. The van der Waals surface area contributed by atoms with Crippen molar-refractivity contribution in [2.75, 3.05) is 6.54 Å². The molecule has 1 heterocycles. The number of aromatic nitrogens is 1. The van der Waals surface area contributed by atoms with E-state index < -0.39 is 0 Å². The number of nitrogens with zero attached hydrogens (tertiary/aromatic N) is 1. The van der Waals surface area contributed by atoms with Crippen molar-refractivity contribution in [1.29, 1.82) is 0 Å². The van der Waals surface area contributed by atoms with Gasteiger partial charge in [-0.25, -0.2) is 4.98 Å². The van der Waals surface area contributed by atoms with E-state index in [-0.39, 0.29) is 0 Å². The van der Waals surface area contributed by atoms with Gasteiger partial charge in [0, 0.05) is 28.5 Å². The third-order valence-corrected chi connectivity index (χ3v) is 4.36. The van der Waals surface area contributed by atoms with Gasteiger partial charge < -0.3 is 5.32 Å². The van der Waals surface area contributed by atoms with Gasteiger partial charge in [0.05, 0.1) is 5.01 Å². The number of hydrogen-bond acceptors (Lipinski definition) is 3. The van der Waals surface area contributed by atoms with Crippen LogP contribution in [0.2, 0.25) is 0 Å². The molecule has 2 aromatic rings. The van der Waals surface area contributed by atoms with Crippen molar-refractivity contribution in [2.24, 2.45) is 0 Å². The second-order valence-electron chi connectivity index (χ2n) is 4.27. The fourth-order valence-corrected chi connectivity index (χ4v) is 3.18. The second-order valence-corrected chi connectivity index (χ2v) is 6.10. The summed E-state index contributed by atoms with van der Waals surface area (Å²) in [6.07, 6.45) is 2.81. The van der Waals surface area contributed by atoms with Crippen LogP contribution < -0.4 is 5.32 Å². The highest BCUT2D eigenvalue weighted by molar-refractivity contribution is 9.10. The number of rotatable bonds is 5. The fraction of sp³-hybridized carbons (Fsp3) is 0.357. The predicted molar refractivity (Wildman–Crippen MR) is 81.1 cm³/mol. The molecule has 4 heteroatoms. The van der Waals surface area contributed by atoms with Gasteiger partial charge in [0.1, 0.15) is 0 Å². The second kappa shape index (κ2) is 6.45. The van der Waals surface area contributed by atoms with Crippen molar-refractivity contribution in [3.05, 3.63) is 50.4 Å². The molecule has 0 radical (unpaired) electrons. The van der Waals surface area contributed by atoms with E-state index in [1.54, 1.807) is 11.3 Å². The molecule has 0 bridgehead atoms. The summed E-state index contributed by atoms with van der Waals surface area (Å²) in [7, 11) is 0. The summed E-state index contributed by atoms with van der Waals surface area (Å²) in [6.45, 7) is 5.22. The number of benzene rings is 1. The Bertz CT molecular complexity index is 497. The Morgan fingerprint density at radius 2 is 2.28 bits per heavy atom. The normalized spacial score (nSPS) is 12.6. The summed E-state index contributed by atoms with van der Waals surface area (Å²) < 4.78 is 1.16. The maximum Gasteiger partial charge on any atom is 0.0943 e. The lowest BCUT2D eigenvalue weighted by molar-refractivity contribution is 0.546. The van der Waals surface area contributed by atoms with Gasteiger partial charge in [0.15, 0.2) is 0 Å². The van der Waals surface area contributed by atoms with Crippen LogP contribution in [0.1, 0.15) is 29.1 Å². The standard InChI is InChI=1S/C14H17BrN2S/c1-3-16-13(9-14-17-6-7-18-14)11-8-10(2)4-5-12(11)15/h4-8,13,16H,3,9H2,1-2H3. The summed E-state index contributed by atoms with van der Waals surface area (Å²) in [5.41, 5.74) is 2.60. The SMILES string of the molecule is CCNC(Cc1nccs1)c1cc(C)ccc1Br. The summed E-state index contributed by atoms with van der Waals surface area (Å²) in [4.78, 5) is 4.38. The first-order valence-corrected chi connectivity index (χ1v) is 7.75. The minimum Gasteiger partial charge on any atom is -0.310 e. The van der Waals surface area contributed by atoms with E-state index in [4.69, 9.17) is 0 Å². The van der Waals surface area contributed by atoms with Crippen LogP contribution in [0.3, 0.4) is 0 Å². The van der Waals surface area contributed by atoms with Gasteiger partial charge in [-0.3, -0.25) is 0 Å². The molecular weight excluding hydrogens is 308 g/mol. The number of nitrogens with one attached hydrogen (secondary N) is 1. The quantitative estimate of drug-likeness (QED) is 0.895. The Labute approximate surface area is 121 Å². The Morgan fingerprint density at radius 1 is 1.44 bits per heavy atom. The van der Waals surface area contributed by atoms with E-state index in [0.717, 1.165) is 17.4 Å². The van der Waals surface area contributed by atoms with Gasteiger partial charge >= 0.3 is 0 Å². The molecule has 0 fully saturated rings. The average Bonchev–Trinajstić information content (AvgIpc) is 2.85. The van der Waals surface area contributed by atoms with Crippen LogP contribution in [-0.2, 0) is 6.42 Å². The topological polar surface area (TPSA) is 24.9 Å². The van der Waals surface area contributed by atoms with Crippen molar-refractivity contribution in [2.45, 2.75) is 26.3 Å². The van der Waals surface area contributed by atoms with Crippen LogP contribution in [0.15, 0.2) is 34.2 Å². The molecule has 96 valence electrons. The predicted octanol–water partition coefficient (Wildman–Crippen LogP) is 4.11. The first kappa shape index (κ1) is 13.7. The Kier molecular flexibility index (Phi) is 4.92. The summed E-state index contributed by atoms with van der Waals surface area (Å²) >= 11 is 5.36. The van der Waals surface area contributed by atoms with Crippen LogP contribution in [-0.4, -0.2) is 11.5 Å². The number of thiazole rings is 1. The molecule has 0 amide bonds. The van der Waals surface area contributed by atoms with E-state index in [1.165, 1.54) is 16.1 Å². The fourth-order valence-electron chi connectivity index (χ4n) is 2.00. The molecule has 1 aromatic heterocycles. The van der Waals surface area contributed by atoms with E-state index in [0.29, 0.717) is 6.04 Å². The van der Waals surface area contributed by atoms with Crippen LogP contribution in [0.5, 0.6) is 0 Å². The first-order valence-electron chi connectivity index (χ1n) is 6.08. The van der Waals surface area contributed by atoms with Crippen LogP contribution in [0.25, 0.3) is 0 Å². The lowest BCUT2D eigenvalue weighted by atomic mass is 10.0. The van der Waals surface area contributed by atoms with Gasteiger partial charge in [-0.1, -0.05) is 40.5 Å². The molecule has 0 saturated carbocycles. The van der Waals surface area contributed by atoms with Crippen molar-refractivity contribution in [1.82, 2.24) is 10.3 Å². The van der Waals surface area contributed by atoms with Gasteiger partial charge in [-0.2, -0.15) is 0 Å². The molecule has 0 aliphatic carbocycles. The smallest absolute Gasteiger partial charge is 0.0943 e. The molecule has 2 nitrogen and oxygen atoms in total. The highest BCUT2D eigenvalue weighted by atomic mass is 79.9. The monoisotopic (exact) mass is 324 g/mol. The molecule has 1 unspecified atom stereocenters. The number of aryl methyl sites for hydroxylation is 1. The minimum atomic E-state index is 0.315. The van der Waals surface area contributed by atoms with E-state index in [2.05, 4.69) is 58.3 Å². The van der Waals surface area contributed by atoms with Gasteiger partial charge in [-0.15, -0.1) is 11.3 Å². The molecule has 1 aromatic carbocycles. The summed E-state index contributed by atoms with van der Waals surface area (Å²) in [5.74, 6) is 0. The molecule has 0 aliphatic rings. The van der Waals surface area contributed by atoms with Crippen LogP contribution >= 0.6 is 27.3 Å². The van der Waals surface area contributed by atoms with E-state index in [1.807, 2.05) is 11.6 Å². The highest BCUT2D eigenvalue weighted by Gasteiger charge is 2.15. The third-order valence-electron chi connectivity index (χ3n) is 2.84. The Hall–Kier alpha value is -0.710. The minimum absolute atomic E-state index is 0.315. The maximum absolute atomic E-state index is 4.38. The largest absolute Gasteiger partial charge is 0.310 e. The molecule has 1 atom stereocenters. The zero-order chi connectivity index (χ0) is 13.0. The van der Waals surface area contributed by atoms with Crippen molar-refractivity contribution in [3.8, 4) is 0 Å². The lowest BCUT2D eigenvalue weighted by Crippen LogP contribution is -2.23. The third kappa shape index (κ3) is 3.40. The average molecular weight is 325 g/mol. The first-order chi connectivity index (χ1) is 8.70. The molecule has 0 aliphatic heterocycles. The van der Waals surface area contributed by atoms with Crippen LogP contribution in [0, 0.1) is 6.92 Å². The van der Waals surface area contributed by atoms with Gasteiger partial charge in [-0.05, 0) is 25.1 Å². The molecule has 0 spiro atoms. The van der Waals surface area contributed by atoms with Gasteiger partial charge in [0.2, 0.25) is 0 Å². The van der Waals surface area contributed by atoms with Crippen molar-refractivity contribution >= 4 is 27.3 Å².